The van der Waals surface area contributed by atoms with E-state index in [-0.39, 0.29) is 11.5 Å². The largest absolute Gasteiger partial charge is 0.393 e. The third-order valence-electron chi connectivity index (χ3n) is 3.81. The molecule has 1 aromatic heterocycles. The van der Waals surface area contributed by atoms with Crippen molar-refractivity contribution >= 4 is 11.6 Å². The summed E-state index contributed by atoms with van der Waals surface area (Å²) in [6.45, 7) is 10.7. The normalized spacial score (nSPS) is 15.8. The van der Waals surface area contributed by atoms with Crippen molar-refractivity contribution in [2.75, 3.05) is 0 Å². The highest BCUT2D eigenvalue weighted by Crippen LogP contribution is 2.30. The van der Waals surface area contributed by atoms with Crippen LogP contribution in [-0.2, 0) is 13.5 Å². The van der Waals surface area contributed by atoms with Crippen LogP contribution in [0.2, 0.25) is 5.15 Å². The second-order valence-electron chi connectivity index (χ2n) is 6.34. The first-order chi connectivity index (χ1) is 8.12. The van der Waals surface area contributed by atoms with Gasteiger partial charge in [-0.1, -0.05) is 39.3 Å². The molecule has 0 saturated heterocycles. The molecule has 3 nitrogen and oxygen atoms in total. The minimum Gasteiger partial charge on any atom is -0.393 e. The topological polar surface area (TPSA) is 38.0 Å². The molecule has 0 aromatic carbocycles. The lowest BCUT2D eigenvalue weighted by Crippen LogP contribution is -2.24. The smallest absolute Gasteiger partial charge is 0.130 e. The molecule has 1 rings (SSSR count). The van der Waals surface area contributed by atoms with Crippen LogP contribution in [0.3, 0.4) is 0 Å². The summed E-state index contributed by atoms with van der Waals surface area (Å²) in [4.78, 5) is 0. The van der Waals surface area contributed by atoms with Crippen LogP contribution in [0.15, 0.2) is 0 Å². The quantitative estimate of drug-likeness (QED) is 0.913. The van der Waals surface area contributed by atoms with Crippen molar-refractivity contribution in [2.45, 2.75) is 53.6 Å². The van der Waals surface area contributed by atoms with Gasteiger partial charge in [-0.15, -0.1) is 0 Å². The minimum atomic E-state index is -0.361. The van der Waals surface area contributed by atoms with Crippen molar-refractivity contribution in [2.24, 2.45) is 18.4 Å². The van der Waals surface area contributed by atoms with Crippen LogP contribution in [0.4, 0.5) is 0 Å². The molecule has 1 heterocycles. The fraction of sp³-hybridized carbons (Fsp3) is 0.786. The Kier molecular flexibility index (Phi) is 4.84. The summed E-state index contributed by atoms with van der Waals surface area (Å²) in [5.74, 6) is 0.461. The molecule has 0 fully saturated rings. The van der Waals surface area contributed by atoms with Gasteiger partial charge in [-0.05, 0) is 24.7 Å². The van der Waals surface area contributed by atoms with Gasteiger partial charge in [0.25, 0.3) is 0 Å². The summed E-state index contributed by atoms with van der Waals surface area (Å²) in [5, 5.41) is 15.1. The first-order valence-corrected chi connectivity index (χ1v) is 6.86. The lowest BCUT2D eigenvalue weighted by Gasteiger charge is -2.29. The molecule has 0 aliphatic heterocycles. The highest BCUT2D eigenvalue weighted by Gasteiger charge is 2.24. The second kappa shape index (κ2) is 5.62. The molecule has 18 heavy (non-hydrogen) atoms. The maximum atomic E-state index is 10.2. The van der Waals surface area contributed by atoms with Crippen LogP contribution in [0.5, 0.6) is 0 Å². The number of aryl methyl sites for hydroxylation is 2. The fourth-order valence-electron chi connectivity index (χ4n) is 1.99. The van der Waals surface area contributed by atoms with Gasteiger partial charge < -0.3 is 5.11 Å². The standard InChI is InChI=1S/C14H25ClN2O/c1-9(14(3,4)5)7-11(18)8-12-10(2)16-17(6)13(12)15/h9,11,18H,7-8H2,1-6H3. The lowest BCUT2D eigenvalue weighted by atomic mass is 9.78. The van der Waals surface area contributed by atoms with E-state index in [1.54, 1.807) is 4.68 Å². The molecule has 0 radical (unpaired) electrons. The van der Waals surface area contributed by atoms with E-state index in [1.165, 1.54) is 0 Å². The van der Waals surface area contributed by atoms with Gasteiger partial charge in [0.05, 0.1) is 11.8 Å². The van der Waals surface area contributed by atoms with E-state index < -0.39 is 0 Å². The number of nitrogens with zero attached hydrogens (tertiary/aromatic N) is 2. The molecule has 1 aromatic rings. The Hall–Kier alpha value is -0.540. The van der Waals surface area contributed by atoms with Gasteiger partial charge in [-0.2, -0.15) is 5.10 Å². The summed E-state index contributed by atoms with van der Waals surface area (Å²) in [7, 11) is 1.82. The highest BCUT2D eigenvalue weighted by molar-refractivity contribution is 6.30. The Morgan fingerprint density at radius 2 is 1.94 bits per heavy atom. The first kappa shape index (κ1) is 15.5. The number of aromatic nitrogens is 2. The van der Waals surface area contributed by atoms with Gasteiger partial charge in [-0.3, -0.25) is 4.68 Å². The zero-order valence-electron chi connectivity index (χ0n) is 12.3. The highest BCUT2D eigenvalue weighted by atomic mass is 35.5. The van der Waals surface area contributed by atoms with Gasteiger partial charge in [0.2, 0.25) is 0 Å². The lowest BCUT2D eigenvalue weighted by molar-refractivity contribution is 0.110. The first-order valence-electron chi connectivity index (χ1n) is 6.49. The molecule has 0 saturated carbocycles. The van der Waals surface area contributed by atoms with Crippen LogP contribution in [0, 0.1) is 18.3 Å². The Morgan fingerprint density at radius 1 is 1.39 bits per heavy atom. The third kappa shape index (κ3) is 3.72. The molecule has 2 atom stereocenters. The van der Waals surface area contributed by atoms with Gasteiger partial charge in [0.15, 0.2) is 0 Å². The Bertz CT molecular complexity index is 407. The molecule has 0 aliphatic carbocycles. The summed E-state index contributed by atoms with van der Waals surface area (Å²) in [6, 6.07) is 0. The van der Waals surface area contributed by atoms with Crippen molar-refractivity contribution in [1.82, 2.24) is 9.78 Å². The van der Waals surface area contributed by atoms with E-state index in [0.29, 0.717) is 17.5 Å². The van der Waals surface area contributed by atoms with Gasteiger partial charge in [-0.25, -0.2) is 0 Å². The molecule has 0 bridgehead atoms. The maximum Gasteiger partial charge on any atom is 0.130 e. The molecule has 0 aliphatic rings. The molecular weight excluding hydrogens is 248 g/mol. The monoisotopic (exact) mass is 272 g/mol. The maximum absolute atomic E-state index is 10.2. The minimum absolute atomic E-state index is 0.217. The van der Waals surface area contributed by atoms with Crippen LogP contribution < -0.4 is 0 Å². The Labute approximate surface area is 115 Å². The predicted octanol–water partition coefficient (Wildman–Crippen LogP) is 3.36. The van der Waals surface area contributed by atoms with Gasteiger partial charge >= 0.3 is 0 Å². The summed E-state index contributed by atoms with van der Waals surface area (Å²) < 4.78 is 1.66. The van der Waals surface area contributed by atoms with Crippen molar-refractivity contribution in [1.29, 1.82) is 0 Å². The van der Waals surface area contributed by atoms with Crippen LogP contribution in [0.1, 0.15) is 45.4 Å². The average molecular weight is 273 g/mol. The van der Waals surface area contributed by atoms with Crippen LogP contribution >= 0.6 is 11.6 Å². The number of halogens is 1. The van der Waals surface area contributed by atoms with Crippen molar-refractivity contribution in [3.63, 3.8) is 0 Å². The Balaban J connectivity index is 2.68. The average Bonchev–Trinajstić information content (AvgIpc) is 2.43. The van der Waals surface area contributed by atoms with Crippen molar-refractivity contribution in [3.05, 3.63) is 16.4 Å². The van der Waals surface area contributed by atoms with E-state index in [2.05, 4.69) is 32.8 Å². The van der Waals surface area contributed by atoms with E-state index in [4.69, 9.17) is 11.6 Å². The molecule has 0 spiro atoms. The van der Waals surface area contributed by atoms with E-state index in [0.717, 1.165) is 17.7 Å². The van der Waals surface area contributed by atoms with E-state index in [9.17, 15) is 5.11 Å². The zero-order chi connectivity index (χ0) is 14.1. The summed E-state index contributed by atoms with van der Waals surface area (Å²) in [6.07, 6.45) is 1.01. The van der Waals surface area contributed by atoms with Crippen molar-refractivity contribution in [3.8, 4) is 0 Å². The summed E-state index contributed by atoms with van der Waals surface area (Å²) in [5.41, 5.74) is 2.09. The number of aliphatic hydroxyl groups is 1. The van der Waals surface area contributed by atoms with Gasteiger partial charge in [0.1, 0.15) is 5.15 Å². The molecule has 0 amide bonds. The second-order valence-corrected chi connectivity index (χ2v) is 6.70. The summed E-state index contributed by atoms with van der Waals surface area (Å²) >= 11 is 6.17. The fourth-order valence-corrected chi connectivity index (χ4v) is 2.24. The molecule has 1 N–H and O–H groups in total. The third-order valence-corrected chi connectivity index (χ3v) is 4.29. The Morgan fingerprint density at radius 3 is 2.33 bits per heavy atom. The number of hydrogen-bond donors (Lipinski definition) is 1. The molecule has 4 heteroatoms. The SMILES string of the molecule is Cc1nn(C)c(Cl)c1CC(O)CC(C)C(C)(C)C. The van der Waals surface area contributed by atoms with Crippen LogP contribution in [0.25, 0.3) is 0 Å². The zero-order valence-corrected chi connectivity index (χ0v) is 13.0. The van der Waals surface area contributed by atoms with Gasteiger partial charge in [0, 0.05) is 19.0 Å². The molecule has 2 unspecified atom stereocenters. The van der Waals surface area contributed by atoms with Crippen molar-refractivity contribution < 1.29 is 5.11 Å². The van der Waals surface area contributed by atoms with E-state index in [1.807, 2.05) is 14.0 Å². The number of aliphatic hydroxyl groups excluding tert-OH is 1. The van der Waals surface area contributed by atoms with Crippen LogP contribution in [-0.4, -0.2) is 21.0 Å². The predicted molar refractivity (Wildman–Crippen MR) is 75.9 cm³/mol. The molecular formula is C14H25ClN2O. The number of hydrogen-bond acceptors (Lipinski definition) is 2. The molecule has 104 valence electrons. The van der Waals surface area contributed by atoms with E-state index >= 15 is 0 Å². The number of rotatable bonds is 4.